The number of hydrogen-bond acceptors (Lipinski definition) is 1. The molecule has 1 N–H and O–H groups in total. The van der Waals surface area contributed by atoms with Gasteiger partial charge in [-0.1, -0.05) is 25.8 Å². The average Bonchev–Trinajstić information content (AvgIpc) is 2.86. The van der Waals surface area contributed by atoms with E-state index >= 15 is 0 Å². The van der Waals surface area contributed by atoms with Gasteiger partial charge in [0.25, 0.3) is 0 Å². The van der Waals surface area contributed by atoms with E-state index in [9.17, 15) is 0 Å². The van der Waals surface area contributed by atoms with Crippen molar-refractivity contribution in [1.29, 1.82) is 0 Å². The molecule has 0 aliphatic heterocycles. The molecule has 0 saturated heterocycles. The van der Waals surface area contributed by atoms with Crippen molar-refractivity contribution < 1.29 is 0 Å². The van der Waals surface area contributed by atoms with E-state index < -0.39 is 0 Å². The van der Waals surface area contributed by atoms with Crippen molar-refractivity contribution >= 4 is 0 Å². The van der Waals surface area contributed by atoms with Gasteiger partial charge in [-0.3, -0.25) is 0 Å². The summed E-state index contributed by atoms with van der Waals surface area (Å²) in [5.41, 5.74) is 0. The van der Waals surface area contributed by atoms with Gasteiger partial charge in [0, 0.05) is 12.1 Å². The highest BCUT2D eigenvalue weighted by molar-refractivity contribution is 4.86. The molecule has 0 aromatic heterocycles. The fourth-order valence-corrected chi connectivity index (χ4v) is 1.55. The third-order valence-corrected chi connectivity index (χ3v) is 2.66. The normalized spacial score (nSPS) is 21.8. The highest BCUT2D eigenvalue weighted by atomic mass is 14.9. The maximum absolute atomic E-state index is 3.78. The molecule has 1 saturated carbocycles. The zero-order valence-electron chi connectivity index (χ0n) is 8.34. The first-order valence-corrected chi connectivity index (χ1v) is 5.14. The van der Waals surface area contributed by atoms with Crippen LogP contribution >= 0.6 is 0 Å². The molecule has 2 unspecified atom stereocenters. The fraction of sp³-hybridized carbons (Fsp3) is 0.818. The Morgan fingerprint density at radius 3 is 2.67 bits per heavy atom. The van der Waals surface area contributed by atoms with Crippen LogP contribution in [0.4, 0.5) is 0 Å². The lowest BCUT2D eigenvalue weighted by Crippen LogP contribution is -2.35. The van der Waals surface area contributed by atoms with Gasteiger partial charge in [-0.05, 0) is 25.7 Å². The van der Waals surface area contributed by atoms with Crippen LogP contribution in [0.2, 0.25) is 0 Å². The molecule has 1 rings (SSSR count). The van der Waals surface area contributed by atoms with E-state index in [4.69, 9.17) is 0 Å². The lowest BCUT2D eigenvalue weighted by atomic mass is 10.1. The van der Waals surface area contributed by atoms with Crippen molar-refractivity contribution in [3.05, 3.63) is 12.7 Å². The minimum Gasteiger partial charge on any atom is -0.308 e. The van der Waals surface area contributed by atoms with Crippen LogP contribution in [-0.4, -0.2) is 12.1 Å². The Bertz CT molecular complexity index is 138. The Labute approximate surface area is 76.2 Å². The molecule has 1 nitrogen and oxygen atoms in total. The van der Waals surface area contributed by atoms with Gasteiger partial charge >= 0.3 is 0 Å². The van der Waals surface area contributed by atoms with E-state index in [2.05, 4.69) is 25.7 Å². The van der Waals surface area contributed by atoms with Gasteiger partial charge in [0.2, 0.25) is 0 Å². The monoisotopic (exact) mass is 167 g/mol. The summed E-state index contributed by atoms with van der Waals surface area (Å²) in [4.78, 5) is 0. The fourth-order valence-electron chi connectivity index (χ4n) is 1.55. The zero-order chi connectivity index (χ0) is 8.97. The maximum Gasteiger partial charge on any atom is 0.0221 e. The summed E-state index contributed by atoms with van der Waals surface area (Å²) in [7, 11) is 0. The number of nitrogens with one attached hydrogen (secondary N) is 1. The highest BCUT2D eigenvalue weighted by Crippen LogP contribution is 2.34. The molecule has 1 fully saturated rings. The minimum absolute atomic E-state index is 0.466. The number of hydrogen-bond donors (Lipinski definition) is 1. The summed E-state index contributed by atoms with van der Waals surface area (Å²) < 4.78 is 0. The van der Waals surface area contributed by atoms with Gasteiger partial charge in [-0.2, -0.15) is 0 Å². The Morgan fingerprint density at radius 1 is 1.58 bits per heavy atom. The van der Waals surface area contributed by atoms with Gasteiger partial charge in [0.15, 0.2) is 0 Å². The van der Waals surface area contributed by atoms with Crippen molar-refractivity contribution in [1.82, 2.24) is 5.32 Å². The Balaban J connectivity index is 2.18. The van der Waals surface area contributed by atoms with Crippen LogP contribution in [0.15, 0.2) is 12.7 Å². The number of rotatable bonds is 6. The summed E-state index contributed by atoms with van der Waals surface area (Å²) in [5.74, 6) is 1.03. The molecule has 0 bridgehead atoms. The molecular weight excluding hydrogens is 146 g/mol. The lowest BCUT2D eigenvalue weighted by molar-refractivity contribution is 0.427. The van der Waals surface area contributed by atoms with Crippen LogP contribution in [0.3, 0.4) is 0 Å². The largest absolute Gasteiger partial charge is 0.308 e. The first kappa shape index (κ1) is 9.79. The van der Waals surface area contributed by atoms with Crippen molar-refractivity contribution in [3.8, 4) is 0 Å². The summed E-state index contributed by atoms with van der Waals surface area (Å²) in [5, 5.41) is 3.57. The Hall–Kier alpha value is -0.300. The molecule has 0 aromatic carbocycles. The van der Waals surface area contributed by atoms with Crippen molar-refractivity contribution in [3.63, 3.8) is 0 Å². The second-order valence-electron chi connectivity index (χ2n) is 3.98. The average molecular weight is 167 g/mol. The molecule has 0 amide bonds. The molecule has 1 aliphatic carbocycles. The Kier molecular flexibility index (Phi) is 3.80. The molecule has 70 valence electrons. The topological polar surface area (TPSA) is 12.0 Å². The summed E-state index contributed by atoms with van der Waals surface area (Å²) >= 11 is 0. The second kappa shape index (κ2) is 4.66. The first-order valence-electron chi connectivity index (χ1n) is 5.14. The molecule has 1 heteroatoms. The molecule has 0 aromatic rings. The second-order valence-corrected chi connectivity index (χ2v) is 3.98. The van der Waals surface area contributed by atoms with E-state index in [0.717, 1.165) is 5.92 Å². The van der Waals surface area contributed by atoms with Crippen LogP contribution in [-0.2, 0) is 0 Å². The van der Waals surface area contributed by atoms with E-state index in [1.54, 1.807) is 0 Å². The molecule has 0 spiro atoms. The smallest absolute Gasteiger partial charge is 0.0221 e. The SMILES string of the molecule is C=CC(C)NC(CC)CC1CC1. The van der Waals surface area contributed by atoms with Gasteiger partial charge in [0.1, 0.15) is 0 Å². The predicted molar refractivity (Wildman–Crippen MR) is 54.2 cm³/mol. The maximum atomic E-state index is 3.78. The standard InChI is InChI=1S/C11H21N/c1-4-9(3)12-11(5-2)8-10-6-7-10/h4,9-12H,1,5-8H2,2-3H3. The minimum atomic E-state index is 0.466. The first-order chi connectivity index (χ1) is 5.76. The zero-order valence-corrected chi connectivity index (χ0v) is 8.34. The molecule has 0 radical (unpaired) electrons. The van der Waals surface area contributed by atoms with E-state index in [0.29, 0.717) is 12.1 Å². The highest BCUT2D eigenvalue weighted by Gasteiger charge is 2.24. The third-order valence-electron chi connectivity index (χ3n) is 2.66. The molecule has 2 atom stereocenters. The summed E-state index contributed by atoms with van der Waals surface area (Å²) in [6.07, 6.45) is 7.51. The van der Waals surface area contributed by atoms with Crippen molar-refractivity contribution in [2.45, 2.75) is 51.6 Å². The summed E-state index contributed by atoms with van der Waals surface area (Å²) in [6.45, 7) is 8.21. The quantitative estimate of drug-likeness (QED) is 0.600. The van der Waals surface area contributed by atoms with Crippen LogP contribution in [0, 0.1) is 5.92 Å². The molecule has 12 heavy (non-hydrogen) atoms. The van der Waals surface area contributed by atoms with Crippen molar-refractivity contribution in [2.24, 2.45) is 5.92 Å². The van der Waals surface area contributed by atoms with E-state index in [1.807, 2.05) is 6.08 Å². The van der Waals surface area contributed by atoms with E-state index in [1.165, 1.54) is 25.7 Å². The van der Waals surface area contributed by atoms with Crippen LogP contribution < -0.4 is 5.32 Å². The van der Waals surface area contributed by atoms with Gasteiger partial charge in [-0.25, -0.2) is 0 Å². The van der Waals surface area contributed by atoms with E-state index in [-0.39, 0.29) is 0 Å². The van der Waals surface area contributed by atoms with Gasteiger partial charge in [-0.15, -0.1) is 6.58 Å². The van der Waals surface area contributed by atoms with Crippen molar-refractivity contribution in [2.75, 3.05) is 0 Å². The van der Waals surface area contributed by atoms with Crippen LogP contribution in [0.25, 0.3) is 0 Å². The molecular formula is C11H21N. The van der Waals surface area contributed by atoms with Gasteiger partial charge in [0.05, 0.1) is 0 Å². The Morgan fingerprint density at radius 2 is 2.25 bits per heavy atom. The lowest BCUT2D eigenvalue weighted by Gasteiger charge is -2.19. The van der Waals surface area contributed by atoms with Crippen LogP contribution in [0.1, 0.15) is 39.5 Å². The van der Waals surface area contributed by atoms with Crippen LogP contribution in [0.5, 0.6) is 0 Å². The third kappa shape index (κ3) is 3.40. The molecule has 1 aliphatic rings. The summed E-state index contributed by atoms with van der Waals surface area (Å²) in [6, 6.07) is 1.18. The van der Waals surface area contributed by atoms with Gasteiger partial charge < -0.3 is 5.32 Å². The molecule has 0 heterocycles. The predicted octanol–water partition coefficient (Wildman–Crippen LogP) is 2.73.